The second kappa shape index (κ2) is 9.39. The van der Waals surface area contributed by atoms with Crippen LogP contribution in [0.3, 0.4) is 0 Å². The van der Waals surface area contributed by atoms with Crippen molar-refractivity contribution < 1.29 is 9.53 Å². The van der Waals surface area contributed by atoms with E-state index in [1.807, 2.05) is 30.3 Å². The van der Waals surface area contributed by atoms with E-state index >= 15 is 0 Å². The molecule has 0 saturated heterocycles. The van der Waals surface area contributed by atoms with Gasteiger partial charge in [-0.15, -0.1) is 10.2 Å². The molecule has 0 bridgehead atoms. The van der Waals surface area contributed by atoms with Crippen LogP contribution in [-0.2, 0) is 16.1 Å². The normalized spacial score (nSPS) is 10.4. The minimum absolute atomic E-state index is 0.0314. The molecule has 1 heterocycles. The maximum Gasteiger partial charge on any atom is 0.230 e. The number of carbonyl (C=O) groups excluding carboxylic acids is 1. The molecule has 0 atom stereocenters. The first-order valence-electron chi connectivity index (χ1n) is 6.77. The Morgan fingerprint density at radius 2 is 2.14 bits per heavy atom. The van der Waals surface area contributed by atoms with E-state index in [0.29, 0.717) is 25.4 Å². The topological polar surface area (TPSA) is 76.1 Å². The number of nitrogens with zero attached hydrogens (tertiary/aromatic N) is 2. The summed E-state index contributed by atoms with van der Waals surface area (Å²) in [6.07, 6.45) is 0. The first kappa shape index (κ1) is 16.7. The molecule has 118 valence electrons. The number of hydrogen-bond acceptors (Lipinski definition) is 7. The highest BCUT2D eigenvalue weighted by Crippen LogP contribution is 2.25. The zero-order chi connectivity index (χ0) is 15.6. The van der Waals surface area contributed by atoms with Crippen LogP contribution in [0.15, 0.2) is 34.7 Å². The number of benzene rings is 1. The number of hydrogen-bond donors (Lipinski definition) is 2. The molecule has 1 aromatic heterocycles. The largest absolute Gasteiger partial charge is 0.383 e. The van der Waals surface area contributed by atoms with Crippen molar-refractivity contribution in [3.8, 4) is 0 Å². The van der Waals surface area contributed by atoms with Gasteiger partial charge in [0.2, 0.25) is 11.0 Å². The number of ether oxygens (including phenoxy) is 1. The molecule has 6 nitrogen and oxygen atoms in total. The first-order valence-corrected chi connectivity index (χ1v) is 8.58. The number of methoxy groups -OCH3 is 1. The average molecular weight is 338 g/mol. The van der Waals surface area contributed by atoms with Gasteiger partial charge in [-0.2, -0.15) is 0 Å². The predicted octanol–water partition coefficient (Wildman–Crippen LogP) is 2.00. The van der Waals surface area contributed by atoms with Crippen molar-refractivity contribution in [2.45, 2.75) is 10.9 Å². The Labute approximate surface area is 137 Å². The van der Waals surface area contributed by atoms with Gasteiger partial charge in [-0.25, -0.2) is 0 Å². The van der Waals surface area contributed by atoms with E-state index in [1.54, 1.807) is 7.11 Å². The van der Waals surface area contributed by atoms with Gasteiger partial charge in [-0.05, 0) is 5.56 Å². The van der Waals surface area contributed by atoms with Crippen molar-refractivity contribution in [1.29, 1.82) is 0 Å². The van der Waals surface area contributed by atoms with Gasteiger partial charge in [0.15, 0.2) is 4.34 Å². The third kappa shape index (κ3) is 6.00. The van der Waals surface area contributed by atoms with Crippen molar-refractivity contribution in [3.05, 3.63) is 35.9 Å². The van der Waals surface area contributed by atoms with E-state index in [2.05, 4.69) is 20.8 Å². The molecule has 0 aliphatic carbocycles. The van der Waals surface area contributed by atoms with Gasteiger partial charge in [0, 0.05) is 20.2 Å². The molecule has 1 amide bonds. The third-order valence-electron chi connectivity index (χ3n) is 2.65. The van der Waals surface area contributed by atoms with Gasteiger partial charge in [0.05, 0.1) is 12.4 Å². The highest BCUT2D eigenvalue weighted by molar-refractivity contribution is 8.01. The number of nitrogens with one attached hydrogen (secondary N) is 2. The summed E-state index contributed by atoms with van der Waals surface area (Å²) >= 11 is 2.83. The molecule has 22 heavy (non-hydrogen) atoms. The van der Waals surface area contributed by atoms with Crippen molar-refractivity contribution in [2.75, 3.05) is 31.3 Å². The fourth-order valence-electron chi connectivity index (χ4n) is 1.58. The molecule has 1 aromatic carbocycles. The number of carbonyl (C=O) groups is 1. The number of aromatic nitrogens is 2. The molecule has 2 rings (SSSR count). The molecule has 2 N–H and O–H groups in total. The molecule has 0 aliphatic heterocycles. The third-order valence-corrected chi connectivity index (χ3v) is 4.66. The lowest BCUT2D eigenvalue weighted by molar-refractivity contribution is -0.118. The van der Waals surface area contributed by atoms with Crippen LogP contribution in [0.25, 0.3) is 0 Å². The van der Waals surface area contributed by atoms with Crippen LogP contribution in [0, 0.1) is 0 Å². The van der Waals surface area contributed by atoms with Crippen LogP contribution >= 0.6 is 23.1 Å². The summed E-state index contributed by atoms with van der Waals surface area (Å²) in [5.74, 6) is 0.299. The van der Waals surface area contributed by atoms with Crippen molar-refractivity contribution in [3.63, 3.8) is 0 Å². The van der Waals surface area contributed by atoms with Gasteiger partial charge in [0.1, 0.15) is 0 Å². The van der Waals surface area contributed by atoms with E-state index in [4.69, 9.17) is 4.74 Å². The number of thioether (sulfide) groups is 1. The number of rotatable bonds is 9. The lowest BCUT2D eigenvalue weighted by Gasteiger charge is -2.02. The Hall–Kier alpha value is -1.64. The van der Waals surface area contributed by atoms with Crippen LogP contribution in [-0.4, -0.2) is 42.1 Å². The van der Waals surface area contributed by atoms with Crippen LogP contribution < -0.4 is 10.6 Å². The summed E-state index contributed by atoms with van der Waals surface area (Å²) in [7, 11) is 1.60. The summed E-state index contributed by atoms with van der Waals surface area (Å²) in [4.78, 5) is 11.6. The van der Waals surface area contributed by atoms with Crippen molar-refractivity contribution in [1.82, 2.24) is 15.5 Å². The fraction of sp³-hybridized carbons (Fsp3) is 0.357. The van der Waals surface area contributed by atoms with Gasteiger partial charge < -0.3 is 15.4 Å². The van der Waals surface area contributed by atoms with Crippen LogP contribution in [0.4, 0.5) is 5.13 Å². The highest BCUT2D eigenvalue weighted by Gasteiger charge is 2.07. The Morgan fingerprint density at radius 1 is 1.32 bits per heavy atom. The lowest BCUT2D eigenvalue weighted by Crippen LogP contribution is -2.28. The molecule has 0 aliphatic rings. The van der Waals surface area contributed by atoms with Crippen molar-refractivity contribution >= 4 is 34.1 Å². The molecule has 0 radical (unpaired) electrons. The molecule has 0 saturated carbocycles. The van der Waals surface area contributed by atoms with Gasteiger partial charge in [-0.1, -0.05) is 53.4 Å². The minimum atomic E-state index is -0.0314. The monoisotopic (exact) mass is 338 g/mol. The van der Waals surface area contributed by atoms with Gasteiger partial charge in [0.25, 0.3) is 0 Å². The summed E-state index contributed by atoms with van der Waals surface area (Å²) in [6, 6.07) is 10.1. The Morgan fingerprint density at radius 3 is 2.91 bits per heavy atom. The number of amides is 1. The fourth-order valence-corrected chi connectivity index (χ4v) is 3.16. The predicted molar refractivity (Wildman–Crippen MR) is 89.3 cm³/mol. The summed E-state index contributed by atoms with van der Waals surface area (Å²) in [5, 5.41) is 14.9. The average Bonchev–Trinajstić information content (AvgIpc) is 3.00. The summed E-state index contributed by atoms with van der Waals surface area (Å²) in [5.41, 5.74) is 1.18. The van der Waals surface area contributed by atoms with Crippen molar-refractivity contribution in [2.24, 2.45) is 0 Å². The smallest absolute Gasteiger partial charge is 0.230 e. The quantitative estimate of drug-likeness (QED) is 0.538. The van der Waals surface area contributed by atoms with Crippen LogP contribution in [0.1, 0.15) is 5.56 Å². The molecular weight excluding hydrogens is 320 g/mol. The SMILES string of the molecule is COCCNC(=O)CSc1nnc(NCc2ccccc2)s1. The lowest BCUT2D eigenvalue weighted by atomic mass is 10.2. The zero-order valence-electron chi connectivity index (χ0n) is 12.2. The first-order chi connectivity index (χ1) is 10.8. The van der Waals surface area contributed by atoms with Crippen LogP contribution in [0.2, 0.25) is 0 Å². The maximum atomic E-state index is 11.6. The molecule has 2 aromatic rings. The van der Waals surface area contributed by atoms with E-state index < -0.39 is 0 Å². The van der Waals surface area contributed by atoms with Gasteiger partial charge >= 0.3 is 0 Å². The molecule has 8 heteroatoms. The van der Waals surface area contributed by atoms with E-state index in [0.717, 1.165) is 9.47 Å². The Bertz CT molecular complexity index is 577. The highest BCUT2D eigenvalue weighted by atomic mass is 32.2. The second-order valence-electron chi connectivity index (χ2n) is 4.34. The molecule has 0 unspecified atom stereocenters. The maximum absolute atomic E-state index is 11.6. The van der Waals surface area contributed by atoms with E-state index in [-0.39, 0.29) is 5.91 Å². The molecule has 0 fully saturated rings. The minimum Gasteiger partial charge on any atom is -0.383 e. The number of anilines is 1. The summed E-state index contributed by atoms with van der Waals surface area (Å²) in [6.45, 7) is 1.75. The second-order valence-corrected chi connectivity index (χ2v) is 6.54. The zero-order valence-corrected chi connectivity index (χ0v) is 13.9. The Balaban J connectivity index is 1.71. The standard InChI is InChI=1S/C14H18N4O2S2/c1-20-8-7-15-12(19)10-21-14-18-17-13(22-14)16-9-11-5-3-2-4-6-11/h2-6H,7-10H2,1H3,(H,15,19)(H,16,17). The van der Waals surface area contributed by atoms with E-state index in [1.165, 1.54) is 28.7 Å². The van der Waals surface area contributed by atoms with Crippen LogP contribution in [0.5, 0.6) is 0 Å². The summed E-state index contributed by atoms with van der Waals surface area (Å²) < 4.78 is 5.65. The van der Waals surface area contributed by atoms with Gasteiger partial charge in [-0.3, -0.25) is 4.79 Å². The Kier molecular flexibility index (Phi) is 7.14. The molecular formula is C14H18N4O2S2. The van der Waals surface area contributed by atoms with E-state index in [9.17, 15) is 4.79 Å². The molecule has 0 spiro atoms.